The van der Waals surface area contributed by atoms with Gasteiger partial charge < -0.3 is 4.52 Å². The summed E-state index contributed by atoms with van der Waals surface area (Å²) in [6.45, 7) is 4.59. The lowest BCUT2D eigenvalue weighted by Crippen LogP contribution is -2.20. The number of fused-ring (bicyclic) bond motifs is 1. The van der Waals surface area contributed by atoms with Gasteiger partial charge in [0, 0.05) is 12.0 Å². The molecule has 1 aromatic heterocycles. The van der Waals surface area contributed by atoms with Gasteiger partial charge in [0.15, 0.2) is 0 Å². The first kappa shape index (κ1) is 6.89. The van der Waals surface area contributed by atoms with Crippen LogP contribution < -0.4 is 0 Å². The van der Waals surface area contributed by atoms with E-state index in [1.54, 1.807) is 0 Å². The van der Waals surface area contributed by atoms with Crippen LogP contribution in [0.15, 0.2) is 10.7 Å². The van der Waals surface area contributed by atoms with Gasteiger partial charge in [0.2, 0.25) is 0 Å². The number of aryl methyl sites for hydroxylation is 1. The van der Waals surface area contributed by atoms with Crippen LogP contribution in [0, 0.1) is 5.41 Å². The first-order valence-electron chi connectivity index (χ1n) is 4.10. The van der Waals surface area contributed by atoms with E-state index >= 15 is 0 Å². The highest BCUT2D eigenvalue weighted by Crippen LogP contribution is 2.34. The molecule has 0 saturated carbocycles. The molecule has 0 N–H and O–H groups in total. The van der Waals surface area contributed by atoms with E-state index in [0.29, 0.717) is 5.41 Å². The first-order chi connectivity index (χ1) is 5.17. The Bertz CT molecular complexity index is 262. The largest absolute Gasteiger partial charge is 0.361 e. The molecule has 60 valence electrons. The molecule has 0 fully saturated rings. The minimum Gasteiger partial charge on any atom is -0.361 e. The van der Waals surface area contributed by atoms with Crippen molar-refractivity contribution in [1.82, 2.24) is 5.16 Å². The van der Waals surface area contributed by atoms with E-state index in [2.05, 4.69) is 19.0 Å². The lowest BCUT2D eigenvalue weighted by atomic mass is 9.77. The highest BCUT2D eigenvalue weighted by Gasteiger charge is 2.27. The van der Waals surface area contributed by atoms with Crippen molar-refractivity contribution in [2.45, 2.75) is 33.1 Å². The van der Waals surface area contributed by atoms with Gasteiger partial charge in [0.25, 0.3) is 0 Å². The maximum absolute atomic E-state index is 5.10. The molecule has 0 aromatic carbocycles. The summed E-state index contributed by atoms with van der Waals surface area (Å²) in [5.74, 6) is 1.10. The van der Waals surface area contributed by atoms with Crippen molar-refractivity contribution in [1.29, 1.82) is 0 Å². The van der Waals surface area contributed by atoms with Crippen LogP contribution in [0.25, 0.3) is 0 Å². The normalized spacial score (nSPS) is 21.3. The fourth-order valence-corrected chi connectivity index (χ4v) is 1.69. The SMILES string of the molecule is CC1(C)CCc2oncc2C1. The third-order valence-corrected chi connectivity index (χ3v) is 2.43. The second-order valence-corrected chi connectivity index (χ2v) is 4.12. The van der Waals surface area contributed by atoms with Crippen LogP contribution >= 0.6 is 0 Å². The predicted molar refractivity (Wildman–Crippen MR) is 42.3 cm³/mol. The van der Waals surface area contributed by atoms with Gasteiger partial charge in [0.05, 0.1) is 6.20 Å². The molecule has 1 aliphatic carbocycles. The van der Waals surface area contributed by atoms with Gasteiger partial charge in [-0.2, -0.15) is 0 Å². The van der Waals surface area contributed by atoms with Crippen molar-refractivity contribution in [3.05, 3.63) is 17.5 Å². The summed E-state index contributed by atoms with van der Waals surface area (Å²) in [7, 11) is 0. The van der Waals surface area contributed by atoms with Crippen LogP contribution in [-0.2, 0) is 12.8 Å². The van der Waals surface area contributed by atoms with Gasteiger partial charge in [-0.3, -0.25) is 0 Å². The molecule has 2 nitrogen and oxygen atoms in total. The Kier molecular flexibility index (Phi) is 1.31. The molecule has 11 heavy (non-hydrogen) atoms. The smallest absolute Gasteiger partial charge is 0.139 e. The average molecular weight is 151 g/mol. The summed E-state index contributed by atoms with van der Waals surface area (Å²) in [6.07, 6.45) is 5.25. The fourth-order valence-electron chi connectivity index (χ4n) is 1.69. The first-order valence-corrected chi connectivity index (χ1v) is 4.10. The molecule has 0 spiro atoms. The molecular weight excluding hydrogens is 138 g/mol. The van der Waals surface area contributed by atoms with Gasteiger partial charge in [-0.25, -0.2) is 0 Å². The van der Waals surface area contributed by atoms with E-state index in [4.69, 9.17) is 4.52 Å². The molecule has 1 heterocycles. The number of hydrogen-bond donors (Lipinski definition) is 0. The molecule has 0 saturated heterocycles. The Balaban J connectivity index is 2.32. The summed E-state index contributed by atoms with van der Waals surface area (Å²) in [5.41, 5.74) is 1.75. The van der Waals surface area contributed by atoms with Gasteiger partial charge in [0.1, 0.15) is 5.76 Å². The van der Waals surface area contributed by atoms with Crippen LogP contribution in [-0.4, -0.2) is 5.16 Å². The molecule has 2 heteroatoms. The zero-order valence-electron chi connectivity index (χ0n) is 7.05. The molecule has 0 atom stereocenters. The van der Waals surface area contributed by atoms with Crippen LogP contribution in [0.1, 0.15) is 31.6 Å². The molecule has 0 aliphatic heterocycles. The van der Waals surface area contributed by atoms with Gasteiger partial charge in [-0.15, -0.1) is 0 Å². The zero-order valence-corrected chi connectivity index (χ0v) is 7.05. The Labute approximate surface area is 66.6 Å². The second kappa shape index (κ2) is 2.10. The Hall–Kier alpha value is -0.790. The van der Waals surface area contributed by atoms with E-state index in [1.807, 2.05) is 6.20 Å². The molecule has 0 unspecified atom stereocenters. The molecule has 0 radical (unpaired) electrons. The minimum atomic E-state index is 0.443. The Morgan fingerprint density at radius 1 is 1.55 bits per heavy atom. The van der Waals surface area contributed by atoms with E-state index in [9.17, 15) is 0 Å². The van der Waals surface area contributed by atoms with Crippen molar-refractivity contribution in [2.24, 2.45) is 5.41 Å². The fraction of sp³-hybridized carbons (Fsp3) is 0.667. The van der Waals surface area contributed by atoms with Crippen molar-refractivity contribution in [3.8, 4) is 0 Å². The predicted octanol–water partition coefficient (Wildman–Crippen LogP) is 2.19. The van der Waals surface area contributed by atoms with Gasteiger partial charge in [-0.1, -0.05) is 19.0 Å². The van der Waals surface area contributed by atoms with Crippen molar-refractivity contribution in [2.75, 3.05) is 0 Å². The molecule has 1 aliphatic rings. The average Bonchev–Trinajstić information content (AvgIpc) is 2.31. The van der Waals surface area contributed by atoms with Crippen LogP contribution in [0.5, 0.6) is 0 Å². The zero-order chi connectivity index (χ0) is 7.90. The van der Waals surface area contributed by atoms with Crippen LogP contribution in [0.2, 0.25) is 0 Å². The lowest BCUT2D eigenvalue weighted by molar-refractivity contribution is 0.282. The number of nitrogens with zero attached hydrogens (tertiary/aromatic N) is 1. The molecular formula is C9H13NO. The van der Waals surface area contributed by atoms with E-state index < -0.39 is 0 Å². The third-order valence-electron chi connectivity index (χ3n) is 2.43. The summed E-state index contributed by atoms with van der Waals surface area (Å²) >= 11 is 0. The van der Waals surface area contributed by atoms with Crippen molar-refractivity contribution in [3.63, 3.8) is 0 Å². The highest BCUT2D eigenvalue weighted by atomic mass is 16.5. The summed E-state index contributed by atoms with van der Waals surface area (Å²) in [5, 5.41) is 3.79. The quantitative estimate of drug-likeness (QED) is 0.568. The van der Waals surface area contributed by atoms with Crippen LogP contribution in [0.4, 0.5) is 0 Å². The number of hydrogen-bond acceptors (Lipinski definition) is 2. The summed E-state index contributed by atoms with van der Waals surface area (Å²) in [6, 6.07) is 0. The minimum absolute atomic E-state index is 0.443. The Morgan fingerprint density at radius 2 is 2.36 bits per heavy atom. The van der Waals surface area contributed by atoms with E-state index in [-0.39, 0.29) is 0 Å². The lowest BCUT2D eigenvalue weighted by Gasteiger charge is -2.27. The summed E-state index contributed by atoms with van der Waals surface area (Å²) in [4.78, 5) is 0. The van der Waals surface area contributed by atoms with Crippen molar-refractivity contribution >= 4 is 0 Å². The number of rotatable bonds is 0. The van der Waals surface area contributed by atoms with E-state index in [1.165, 1.54) is 12.0 Å². The van der Waals surface area contributed by atoms with Crippen molar-refractivity contribution < 1.29 is 4.52 Å². The Morgan fingerprint density at radius 3 is 3.18 bits per heavy atom. The molecule has 0 amide bonds. The second-order valence-electron chi connectivity index (χ2n) is 4.12. The number of aromatic nitrogens is 1. The highest BCUT2D eigenvalue weighted by molar-refractivity contribution is 5.18. The maximum atomic E-state index is 5.10. The molecule has 2 rings (SSSR count). The van der Waals surface area contributed by atoms with Crippen LogP contribution in [0.3, 0.4) is 0 Å². The maximum Gasteiger partial charge on any atom is 0.139 e. The van der Waals surface area contributed by atoms with E-state index in [0.717, 1.165) is 18.6 Å². The van der Waals surface area contributed by atoms with Gasteiger partial charge >= 0.3 is 0 Å². The van der Waals surface area contributed by atoms with Gasteiger partial charge in [-0.05, 0) is 18.3 Å². The molecule has 1 aromatic rings. The topological polar surface area (TPSA) is 26.0 Å². The third kappa shape index (κ3) is 1.17. The molecule has 0 bridgehead atoms. The summed E-state index contributed by atoms with van der Waals surface area (Å²) < 4.78 is 5.10. The standard InChI is InChI=1S/C9H13NO/c1-9(2)4-3-8-7(5-9)6-10-11-8/h6H,3-5H2,1-2H3. The monoisotopic (exact) mass is 151 g/mol.